The molecule has 5 aromatic heterocycles. The summed E-state index contributed by atoms with van der Waals surface area (Å²) in [6.07, 6.45) is 3.15. The van der Waals surface area contributed by atoms with Crippen LogP contribution in [0.3, 0.4) is 0 Å². The molecule has 1 amide bonds. The molecular formula is C33H31N11O7S. The molecule has 18 nitrogen and oxygen atoms in total. The highest BCUT2D eigenvalue weighted by atomic mass is 32.2. The van der Waals surface area contributed by atoms with Gasteiger partial charge in [0.15, 0.2) is 33.9 Å². The van der Waals surface area contributed by atoms with Crippen LogP contribution in [0.15, 0.2) is 90.3 Å². The van der Waals surface area contributed by atoms with Crippen molar-refractivity contribution in [3.63, 3.8) is 0 Å². The molecule has 6 aromatic rings. The number of para-hydroxylation sites is 2. The van der Waals surface area contributed by atoms with Gasteiger partial charge in [-0.15, -0.1) is 10.2 Å². The molecule has 1 aromatic carbocycles. The Morgan fingerprint density at radius 2 is 1.75 bits per heavy atom. The number of rotatable bonds is 14. The fourth-order valence-electron chi connectivity index (χ4n) is 4.71. The number of hydrogen-bond donors (Lipinski definition) is 3. The number of hydrogen-bond acceptors (Lipinski definition) is 14. The van der Waals surface area contributed by atoms with E-state index in [-0.39, 0.29) is 53.1 Å². The molecule has 266 valence electrons. The lowest BCUT2D eigenvalue weighted by Gasteiger charge is -2.21. The van der Waals surface area contributed by atoms with Crippen molar-refractivity contribution in [1.29, 1.82) is 0 Å². The molecule has 0 saturated heterocycles. The fourth-order valence-corrected chi connectivity index (χ4v) is 5.65. The van der Waals surface area contributed by atoms with Crippen LogP contribution in [0, 0.1) is 0 Å². The van der Waals surface area contributed by atoms with Gasteiger partial charge in [-0.2, -0.15) is 18.6 Å². The molecule has 0 aliphatic carbocycles. The van der Waals surface area contributed by atoms with E-state index < -0.39 is 16.1 Å². The smallest absolute Gasteiger partial charge is 0.413 e. The van der Waals surface area contributed by atoms with Crippen molar-refractivity contribution in [2.75, 3.05) is 29.9 Å². The predicted octanol–water partition coefficient (Wildman–Crippen LogP) is 4.80. The van der Waals surface area contributed by atoms with E-state index in [2.05, 4.69) is 50.3 Å². The molecule has 0 spiro atoms. The molecule has 0 unspecified atom stereocenters. The highest BCUT2D eigenvalue weighted by Crippen LogP contribution is 2.36. The monoisotopic (exact) mass is 725 g/mol. The first-order valence-corrected chi connectivity index (χ1v) is 17.1. The van der Waals surface area contributed by atoms with E-state index in [4.69, 9.17) is 14.2 Å². The summed E-state index contributed by atoms with van der Waals surface area (Å²) < 4.78 is 46.6. The number of benzene rings is 1. The average molecular weight is 726 g/mol. The van der Waals surface area contributed by atoms with Crippen LogP contribution in [0.25, 0.3) is 22.9 Å². The van der Waals surface area contributed by atoms with E-state index in [0.29, 0.717) is 28.7 Å². The van der Waals surface area contributed by atoms with Crippen molar-refractivity contribution in [2.24, 2.45) is 0 Å². The maximum absolute atomic E-state index is 13.5. The largest absolute Gasteiger partial charge is 0.493 e. The Balaban J connectivity index is 1.24. The number of carbonyl (C=O) groups is 1. The second-order valence-corrected chi connectivity index (χ2v) is 12.8. The number of anilines is 2. The summed E-state index contributed by atoms with van der Waals surface area (Å²) >= 11 is 0. The number of carboxylic acid groups (broad SMARTS) is 1. The van der Waals surface area contributed by atoms with Gasteiger partial charge in [-0.05, 0) is 59.2 Å². The van der Waals surface area contributed by atoms with E-state index in [9.17, 15) is 18.3 Å². The van der Waals surface area contributed by atoms with Gasteiger partial charge < -0.3 is 19.3 Å². The van der Waals surface area contributed by atoms with Crippen LogP contribution in [-0.2, 0) is 10.0 Å². The summed E-state index contributed by atoms with van der Waals surface area (Å²) in [5.41, 5.74) is 1.91. The van der Waals surface area contributed by atoms with Crippen molar-refractivity contribution < 1.29 is 32.5 Å². The lowest BCUT2D eigenvalue weighted by Crippen LogP contribution is -2.34. The number of aromatic nitrogens is 9. The van der Waals surface area contributed by atoms with E-state index in [1.165, 1.54) is 43.8 Å². The first-order chi connectivity index (χ1) is 25.1. The van der Waals surface area contributed by atoms with E-state index >= 15 is 0 Å². The molecule has 0 aliphatic heterocycles. The molecule has 0 fully saturated rings. The van der Waals surface area contributed by atoms with Crippen LogP contribution in [0.4, 0.5) is 16.4 Å². The average Bonchev–Trinajstić information content (AvgIpc) is 3.70. The zero-order valence-electron chi connectivity index (χ0n) is 27.9. The lowest BCUT2D eigenvalue weighted by molar-refractivity contribution is 0.199. The van der Waals surface area contributed by atoms with Crippen molar-refractivity contribution in [2.45, 2.75) is 24.8 Å². The number of ether oxygens (including phenoxy) is 3. The molecular weight excluding hydrogens is 694 g/mol. The standard InChI is InChI=1S/C33H31N11O7S/c1-20(2)22-8-11-29(36-19-22)52(47,48)41-32-26(51-25-7-5-4-6-24(25)49-3)9-10-27(37-32)44(33(45)46)16-17-50-28-13-15-35-30(38-28)21-12-14-34-23(18-21)31-39-42-43-40-31/h4-15,18-20H,16-17H2,1-3H3,(H,37,41)(H,45,46)(H,39,40,42,43). The molecule has 52 heavy (non-hydrogen) atoms. The van der Waals surface area contributed by atoms with E-state index in [0.717, 1.165) is 10.5 Å². The molecule has 3 N–H and O–H groups in total. The maximum Gasteiger partial charge on any atom is 0.413 e. The Morgan fingerprint density at radius 3 is 2.46 bits per heavy atom. The van der Waals surface area contributed by atoms with Crippen molar-refractivity contribution in [1.82, 2.24) is 45.5 Å². The molecule has 0 atom stereocenters. The summed E-state index contributed by atoms with van der Waals surface area (Å²) in [5.74, 6) is 1.14. The number of H-pyrrole nitrogens is 1. The number of pyridine rings is 3. The third-order valence-electron chi connectivity index (χ3n) is 7.36. The number of methoxy groups -OCH3 is 1. The number of sulfonamides is 1. The van der Waals surface area contributed by atoms with E-state index in [1.807, 2.05) is 13.8 Å². The van der Waals surface area contributed by atoms with Gasteiger partial charge in [0.05, 0.1) is 13.7 Å². The van der Waals surface area contributed by atoms with Gasteiger partial charge in [-0.25, -0.2) is 19.7 Å². The highest BCUT2D eigenvalue weighted by molar-refractivity contribution is 7.92. The maximum atomic E-state index is 13.5. The minimum Gasteiger partial charge on any atom is -0.493 e. The second kappa shape index (κ2) is 15.4. The summed E-state index contributed by atoms with van der Waals surface area (Å²) in [5, 5.41) is 23.7. The third-order valence-corrected chi connectivity index (χ3v) is 8.61. The van der Waals surface area contributed by atoms with Gasteiger partial charge in [0, 0.05) is 30.2 Å². The van der Waals surface area contributed by atoms with Gasteiger partial charge in [0.25, 0.3) is 10.0 Å². The van der Waals surface area contributed by atoms with E-state index in [1.54, 1.807) is 48.7 Å². The number of tetrazole rings is 1. The Hall–Kier alpha value is -6.76. The predicted molar refractivity (Wildman–Crippen MR) is 186 cm³/mol. The van der Waals surface area contributed by atoms with Crippen molar-refractivity contribution >= 4 is 27.8 Å². The zero-order valence-corrected chi connectivity index (χ0v) is 28.7. The molecule has 19 heteroatoms. The SMILES string of the molecule is COc1ccccc1Oc1ccc(N(CCOc2ccnc(-c3ccnc(-c4nn[nH]n4)c3)n2)C(=O)O)nc1NS(=O)(=O)c1ccc(C(C)C)cn1. The molecule has 0 radical (unpaired) electrons. The van der Waals surface area contributed by atoms with Gasteiger partial charge in [0.1, 0.15) is 18.1 Å². The Kier molecular flexibility index (Phi) is 10.4. The number of nitrogens with zero attached hydrogens (tertiary/aromatic N) is 9. The Morgan fingerprint density at radius 1 is 0.942 bits per heavy atom. The van der Waals surface area contributed by atoms with Crippen molar-refractivity contribution in [3.8, 4) is 46.0 Å². The van der Waals surface area contributed by atoms with Gasteiger partial charge in [-0.3, -0.25) is 14.6 Å². The minimum atomic E-state index is -4.30. The topological polar surface area (TPSA) is 233 Å². The van der Waals surface area contributed by atoms with Gasteiger partial charge in [-0.1, -0.05) is 32.0 Å². The van der Waals surface area contributed by atoms with Crippen LogP contribution in [0.5, 0.6) is 23.1 Å². The van der Waals surface area contributed by atoms with Crippen LogP contribution in [0.1, 0.15) is 25.3 Å². The summed E-state index contributed by atoms with van der Waals surface area (Å²) in [6.45, 7) is 3.56. The quantitative estimate of drug-likeness (QED) is 0.137. The van der Waals surface area contributed by atoms with Crippen LogP contribution in [0.2, 0.25) is 0 Å². The first-order valence-electron chi connectivity index (χ1n) is 15.6. The van der Waals surface area contributed by atoms with Crippen molar-refractivity contribution in [3.05, 3.63) is 90.9 Å². The molecule has 0 aliphatic rings. The normalized spacial score (nSPS) is 11.2. The highest BCUT2D eigenvalue weighted by Gasteiger charge is 2.24. The lowest BCUT2D eigenvalue weighted by atomic mass is 10.1. The molecule has 0 saturated carbocycles. The first kappa shape index (κ1) is 35.1. The number of nitrogens with one attached hydrogen (secondary N) is 2. The zero-order chi connectivity index (χ0) is 36.7. The molecule has 6 rings (SSSR count). The second-order valence-electron chi connectivity index (χ2n) is 11.1. The van der Waals surface area contributed by atoms with Gasteiger partial charge >= 0.3 is 6.09 Å². The van der Waals surface area contributed by atoms with Crippen LogP contribution in [-0.4, -0.2) is 85.4 Å². The summed E-state index contributed by atoms with van der Waals surface area (Å²) in [6, 6.07) is 17.5. The van der Waals surface area contributed by atoms with Crippen LogP contribution >= 0.6 is 0 Å². The number of aromatic amines is 1. The van der Waals surface area contributed by atoms with Gasteiger partial charge in [0.2, 0.25) is 11.7 Å². The summed E-state index contributed by atoms with van der Waals surface area (Å²) in [4.78, 5) is 34.8. The molecule has 0 bridgehead atoms. The minimum absolute atomic E-state index is 0.0238. The molecule has 5 heterocycles. The fraction of sp³-hybridized carbons (Fsp3) is 0.182. The summed E-state index contributed by atoms with van der Waals surface area (Å²) in [7, 11) is -2.84. The Bertz CT molecular complexity index is 2270. The number of amides is 1. The third kappa shape index (κ3) is 8.16. The Labute approximate surface area is 297 Å². The van der Waals surface area contributed by atoms with Crippen LogP contribution < -0.4 is 23.8 Å².